The standard InChI is InChI=1S/C11H9Cl2N5O3S/c1-17-10(13)15-18(11(17)19)9-4-8(16-22(2,20)21)6(5-14)3-7(9)12/h3-4,16H,1-2H3. The quantitative estimate of drug-likeness (QED) is 0.880. The Hall–Kier alpha value is -2.02. The molecule has 2 rings (SSSR count). The highest BCUT2D eigenvalue weighted by atomic mass is 35.5. The van der Waals surface area contributed by atoms with Crippen LogP contribution >= 0.6 is 23.2 Å². The van der Waals surface area contributed by atoms with E-state index in [1.807, 2.05) is 6.07 Å². The van der Waals surface area contributed by atoms with Crippen molar-refractivity contribution in [3.8, 4) is 11.8 Å². The van der Waals surface area contributed by atoms with Gasteiger partial charge in [0, 0.05) is 7.05 Å². The van der Waals surface area contributed by atoms with Crippen LogP contribution in [0, 0.1) is 11.3 Å². The minimum atomic E-state index is -3.62. The van der Waals surface area contributed by atoms with Crippen molar-refractivity contribution >= 4 is 38.9 Å². The monoisotopic (exact) mass is 361 g/mol. The predicted octanol–water partition coefficient (Wildman–Crippen LogP) is 1.12. The van der Waals surface area contributed by atoms with Crippen LogP contribution in [0.25, 0.3) is 5.69 Å². The summed E-state index contributed by atoms with van der Waals surface area (Å²) < 4.78 is 26.9. The van der Waals surface area contributed by atoms with Gasteiger partial charge in [-0.25, -0.2) is 13.2 Å². The lowest BCUT2D eigenvalue weighted by atomic mass is 10.2. The van der Waals surface area contributed by atoms with E-state index in [0.717, 1.165) is 15.5 Å². The molecule has 0 bridgehead atoms. The summed E-state index contributed by atoms with van der Waals surface area (Å²) in [4.78, 5) is 12.0. The second kappa shape index (κ2) is 5.64. The third-order valence-corrected chi connectivity index (χ3v) is 3.88. The van der Waals surface area contributed by atoms with E-state index >= 15 is 0 Å². The van der Waals surface area contributed by atoms with Gasteiger partial charge in [-0.1, -0.05) is 11.6 Å². The lowest BCUT2D eigenvalue weighted by Crippen LogP contribution is -2.22. The van der Waals surface area contributed by atoms with Crippen molar-refractivity contribution in [1.29, 1.82) is 5.26 Å². The first kappa shape index (κ1) is 16.4. The van der Waals surface area contributed by atoms with Crippen LogP contribution in [0.3, 0.4) is 0 Å². The molecule has 1 aromatic heterocycles. The van der Waals surface area contributed by atoms with E-state index in [-0.39, 0.29) is 27.2 Å². The van der Waals surface area contributed by atoms with Crippen molar-refractivity contribution in [2.75, 3.05) is 11.0 Å². The predicted molar refractivity (Wildman–Crippen MR) is 82.0 cm³/mol. The van der Waals surface area contributed by atoms with Crippen molar-refractivity contribution in [3.63, 3.8) is 0 Å². The van der Waals surface area contributed by atoms with Gasteiger partial charge in [0.25, 0.3) is 0 Å². The second-order valence-corrected chi connectivity index (χ2v) is 6.85. The van der Waals surface area contributed by atoms with Gasteiger partial charge in [-0.3, -0.25) is 9.29 Å². The minimum Gasteiger partial charge on any atom is -0.282 e. The molecule has 0 fully saturated rings. The molecular formula is C11H9Cl2N5O3S. The number of nitrogens with zero attached hydrogens (tertiary/aromatic N) is 4. The number of benzene rings is 1. The highest BCUT2D eigenvalue weighted by Gasteiger charge is 2.17. The summed E-state index contributed by atoms with van der Waals surface area (Å²) in [5.41, 5.74) is -0.478. The van der Waals surface area contributed by atoms with Crippen LogP contribution in [-0.4, -0.2) is 29.0 Å². The van der Waals surface area contributed by atoms with Crippen molar-refractivity contribution in [2.45, 2.75) is 0 Å². The van der Waals surface area contributed by atoms with Gasteiger partial charge in [-0.15, -0.1) is 5.10 Å². The Morgan fingerprint density at radius 2 is 2.00 bits per heavy atom. The Morgan fingerprint density at radius 3 is 2.45 bits per heavy atom. The molecule has 0 saturated carbocycles. The van der Waals surface area contributed by atoms with Gasteiger partial charge in [0.1, 0.15) is 6.07 Å². The van der Waals surface area contributed by atoms with Crippen LogP contribution in [0.4, 0.5) is 5.69 Å². The summed E-state index contributed by atoms with van der Waals surface area (Å²) in [5.74, 6) is 0. The van der Waals surface area contributed by atoms with Gasteiger partial charge < -0.3 is 0 Å². The van der Waals surface area contributed by atoms with Gasteiger partial charge in [-0.2, -0.15) is 9.94 Å². The third-order valence-electron chi connectivity index (χ3n) is 2.66. The van der Waals surface area contributed by atoms with Crippen LogP contribution in [0.15, 0.2) is 16.9 Å². The average Bonchev–Trinajstić information content (AvgIpc) is 2.66. The van der Waals surface area contributed by atoms with E-state index in [1.165, 1.54) is 19.2 Å². The molecule has 0 saturated heterocycles. The molecule has 1 aromatic carbocycles. The first-order chi connectivity index (χ1) is 10.1. The Labute approximate surface area is 135 Å². The molecule has 1 N–H and O–H groups in total. The van der Waals surface area contributed by atoms with Crippen molar-refractivity contribution in [1.82, 2.24) is 14.3 Å². The second-order valence-electron chi connectivity index (χ2n) is 4.36. The van der Waals surface area contributed by atoms with E-state index in [4.69, 9.17) is 28.5 Å². The molecule has 8 nitrogen and oxygen atoms in total. The van der Waals surface area contributed by atoms with Gasteiger partial charge in [0.15, 0.2) is 0 Å². The highest BCUT2D eigenvalue weighted by Crippen LogP contribution is 2.27. The number of aromatic nitrogens is 3. The van der Waals surface area contributed by atoms with E-state index in [0.29, 0.717) is 0 Å². The molecule has 0 radical (unpaired) electrons. The Morgan fingerprint density at radius 1 is 1.36 bits per heavy atom. The van der Waals surface area contributed by atoms with Gasteiger partial charge in [0.05, 0.1) is 28.2 Å². The maximum atomic E-state index is 12.0. The fraction of sp³-hybridized carbons (Fsp3) is 0.182. The summed E-state index contributed by atoms with van der Waals surface area (Å²) in [6.07, 6.45) is 0.937. The molecule has 0 aliphatic carbocycles. The number of rotatable bonds is 3. The summed E-state index contributed by atoms with van der Waals surface area (Å²) in [6.45, 7) is 0. The van der Waals surface area contributed by atoms with Crippen LogP contribution < -0.4 is 10.4 Å². The number of nitriles is 1. The van der Waals surface area contributed by atoms with Crippen LogP contribution in [0.2, 0.25) is 10.3 Å². The van der Waals surface area contributed by atoms with Gasteiger partial charge in [-0.05, 0) is 23.7 Å². The smallest absolute Gasteiger partial charge is 0.282 e. The zero-order chi connectivity index (χ0) is 16.7. The molecule has 0 aliphatic heterocycles. The molecule has 0 unspecified atom stereocenters. The molecule has 116 valence electrons. The normalized spacial score (nSPS) is 11.2. The van der Waals surface area contributed by atoms with E-state index in [2.05, 4.69) is 9.82 Å². The number of hydrogen-bond acceptors (Lipinski definition) is 5. The zero-order valence-corrected chi connectivity index (χ0v) is 13.7. The zero-order valence-electron chi connectivity index (χ0n) is 11.3. The van der Waals surface area contributed by atoms with Crippen LogP contribution in [-0.2, 0) is 17.1 Å². The van der Waals surface area contributed by atoms with Crippen molar-refractivity contribution in [3.05, 3.63) is 38.5 Å². The SMILES string of the molecule is Cn1c(Cl)nn(-c2cc(NS(C)(=O)=O)c(C#N)cc2Cl)c1=O. The Balaban J connectivity index is 2.73. The van der Waals surface area contributed by atoms with Crippen molar-refractivity contribution < 1.29 is 8.42 Å². The fourth-order valence-corrected chi connectivity index (χ4v) is 2.63. The molecule has 2 aromatic rings. The first-order valence-electron chi connectivity index (χ1n) is 5.67. The molecule has 0 amide bonds. The lowest BCUT2D eigenvalue weighted by Gasteiger charge is -2.10. The average molecular weight is 362 g/mol. The minimum absolute atomic E-state index is 0.00857. The summed E-state index contributed by atoms with van der Waals surface area (Å²) in [7, 11) is -2.20. The Kier molecular flexibility index (Phi) is 4.19. The molecule has 0 aliphatic rings. The fourth-order valence-electron chi connectivity index (χ4n) is 1.67. The molecule has 11 heteroatoms. The van der Waals surface area contributed by atoms with Crippen LogP contribution in [0.1, 0.15) is 5.56 Å². The lowest BCUT2D eigenvalue weighted by molar-refractivity contribution is 0.607. The third kappa shape index (κ3) is 3.09. The van der Waals surface area contributed by atoms with E-state index < -0.39 is 15.7 Å². The summed E-state index contributed by atoms with van der Waals surface area (Å²) in [5, 5.41) is 12.9. The number of sulfonamides is 1. The molecular weight excluding hydrogens is 353 g/mol. The molecule has 22 heavy (non-hydrogen) atoms. The highest BCUT2D eigenvalue weighted by molar-refractivity contribution is 7.92. The van der Waals surface area contributed by atoms with Crippen molar-refractivity contribution in [2.24, 2.45) is 7.05 Å². The number of halogens is 2. The van der Waals surface area contributed by atoms with Gasteiger partial charge >= 0.3 is 5.69 Å². The van der Waals surface area contributed by atoms with Crippen LogP contribution in [0.5, 0.6) is 0 Å². The molecule has 0 atom stereocenters. The topological polar surface area (TPSA) is 110 Å². The first-order valence-corrected chi connectivity index (χ1v) is 8.32. The van der Waals surface area contributed by atoms with Gasteiger partial charge in [0.2, 0.25) is 15.3 Å². The summed E-state index contributed by atoms with van der Waals surface area (Å²) >= 11 is 11.8. The maximum absolute atomic E-state index is 12.0. The van der Waals surface area contributed by atoms with E-state index in [9.17, 15) is 13.2 Å². The Bertz CT molecular complexity index is 955. The molecule has 1 heterocycles. The summed E-state index contributed by atoms with van der Waals surface area (Å²) in [6, 6.07) is 4.30. The number of nitrogens with one attached hydrogen (secondary N) is 1. The largest absolute Gasteiger partial charge is 0.351 e. The van der Waals surface area contributed by atoms with E-state index in [1.54, 1.807) is 0 Å². The number of anilines is 1. The maximum Gasteiger partial charge on any atom is 0.351 e. The molecule has 0 spiro atoms. The number of hydrogen-bond donors (Lipinski definition) is 1.